The molecular weight excluding hydrogens is 140 g/mol. The van der Waals surface area contributed by atoms with E-state index in [-0.39, 0.29) is 0 Å². The normalized spacial score (nSPS) is 13.9. The molecule has 1 unspecified atom stereocenters. The Kier molecular flexibility index (Phi) is 6.51. The number of nitrogens with two attached hydrogens (primary N) is 1. The van der Waals surface area contributed by atoms with Gasteiger partial charge in [-0.1, -0.05) is 6.92 Å². The van der Waals surface area contributed by atoms with Crippen molar-refractivity contribution in [2.24, 2.45) is 11.7 Å². The standard InChI is InChI=1S/C8H20N2O/c1-8(6-9)7-11-5-4-10(2)3/h8H,4-7,9H2,1-3H3. The van der Waals surface area contributed by atoms with Crippen LogP contribution in [0.2, 0.25) is 0 Å². The van der Waals surface area contributed by atoms with Crippen LogP contribution in [0.25, 0.3) is 0 Å². The van der Waals surface area contributed by atoms with Gasteiger partial charge in [0.15, 0.2) is 0 Å². The van der Waals surface area contributed by atoms with Crippen LogP contribution in [0.1, 0.15) is 6.92 Å². The second-order valence-corrected chi connectivity index (χ2v) is 3.22. The van der Waals surface area contributed by atoms with Crippen molar-refractivity contribution in [3.8, 4) is 0 Å². The van der Waals surface area contributed by atoms with Crippen LogP contribution in [0.15, 0.2) is 0 Å². The number of nitrogens with zero attached hydrogens (tertiary/aromatic N) is 1. The Morgan fingerprint density at radius 2 is 2.09 bits per heavy atom. The van der Waals surface area contributed by atoms with E-state index in [0.29, 0.717) is 12.5 Å². The average Bonchev–Trinajstić information content (AvgIpc) is 1.97. The molecule has 0 aromatic carbocycles. The predicted octanol–water partition coefficient (Wildman–Crippen LogP) is 0.159. The molecule has 0 saturated carbocycles. The molecule has 0 aliphatic heterocycles. The van der Waals surface area contributed by atoms with Crippen molar-refractivity contribution in [1.29, 1.82) is 0 Å². The predicted molar refractivity (Wildman–Crippen MR) is 47.6 cm³/mol. The molecular formula is C8H20N2O. The van der Waals surface area contributed by atoms with Gasteiger partial charge in [0.05, 0.1) is 13.2 Å². The lowest BCUT2D eigenvalue weighted by Gasteiger charge is -2.12. The largest absolute Gasteiger partial charge is 0.380 e. The fraction of sp³-hybridized carbons (Fsp3) is 1.00. The molecule has 0 aliphatic carbocycles. The minimum absolute atomic E-state index is 0.483. The summed E-state index contributed by atoms with van der Waals surface area (Å²) in [5.41, 5.74) is 5.42. The van der Waals surface area contributed by atoms with Gasteiger partial charge in [-0.2, -0.15) is 0 Å². The molecule has 2 N–H and O–H groups in total. The maximum atomic E-state index is 5.42. The lowest BCUT2D eigenvalue weighted by atomic mass is 10.2. The van der Waals surface area contributed by atoms with Crippen molar-refractivity contribution < 1.29 is 4.74 Å². The van der Waals surface area contributed by atoms with E-state index < -0.39 is 0 Å². The SMILES string of the molecule is CC(CN)COCCN(C)C. The van der Waals surface area contributed by atoms with Crippen molar-refractivity contribution in [2.75, 3.05) is 40.4 Å². The van der Waals surface area contributed by atoms with Gasteiger partial charge in [-0.15, -0.1) is 0 Å². The average molecular weight is 160 g/mol. The van der Waals surface area contributed by atoms with Crippen LogP contribution in [0, 0.1) is 5.92 Å². The molecule has 0 bridgehead atoms. The summed E-state index contributed by atoms with van der Waals surface area (Å²) >= 11 is 0. The van der Waals surface area contributed by atoms with E-state index in [4.69, 9.17) is 10.5 Å². The first-order chi connectivity index (χ1) is 5.16. The third-order valence-corrected chi connectivity index (χ3v) is 1.49. The maximum Gasteiger partial charge on any atom is 0.0593 e. The molecule has 0 aromatic rings. The second-order valence-electron chi connectivity index (χ2n) is 3.22. The lowest BCUT2D eigenvalue weighted by Crippen LogP contribution is -2.22. The summed E-state index contributed by atoms with van der Waals surface area (Å²) < 4.78 is 5.38. The zero-order chi connectivity index (χ0) is 8.69. The van der Waals surface area contributed by atoms with Gasteiger partial charge in [-0.05, 0) is 26.6 Å². The molecule has 0 amide bonds. The first-order valence-electron chi connectivity index (χ1n) is 4.09. The molecule has 0 saturated heterocycles. The highest BCUT2D eigenvalue weighted by Crippen LogP contribution is 1.91. The summed E-state index contributed by atoms with van der Waals surface area (Å²) in [6.07, 6.45) is 0. The summed E-state index contributed by atoms with van der Waals surface area (Å²) in [7, 11) is 4.07. The first-order valence-corrected chi connectivity index (χ1v) is 4.09. The van der Waals surface area contributed by atoms with Gasteiger partial charge >= 0.3 is 0 Å². The van der Waals surface area contributed by atoms with Crippen molar-refractivity contribution in [3.63, 3.8) is 0 Å². The third-order valence-electron chi connectivity index (χ3n) is 1.49. The van der Waals surface area contributed by atoms with E-state index in [1.54, 1.807) is 0 Å². The molecule has 3 nitrogen and oxygen atoms in total. The van der Waals surface area contributed by atoms with Gasteiger partial charge in [0, 0.05) is 6.54 Å². The number of ether oxygens (including phenoxy) is 1. The van der Waals surface area contributed by atoms with Gasteiger partial charge in [0.2, 0.25) is 0 Å². The van der Waals surface area contributed by atoms with Crippen LogP contribution in [-0.2, 0) is 4.74 Å². The number of hydrogen-bond donors (Lipinski definition) is 1. The van der Waals surface area contributed by atoms with Crippen LogP contribution in [-0.4, -0.2) is 45.3 Å². The zero-order valence-electron chi connectivity index (χ0n) is 7.84. The monoisotopic (exact) mass is 160 g/mol. The Labute approximate surface area is 69.5 Å². The molecule has 0 aliphatic rings. The van der Waals surface area contributed by atoms with E-state index in [1.165, 1.54) is 0 Å². The number of likely N-dealkylation sites (N-methyl/N-ethyl adjacent to an activating group) is 1. The molecule has 0 heterocycles. The molecule has 1 atom stereocenters. The molecule has 0 spiro atoms. The highest BCUT2D eigenvalue weighted by Gasteiger charge is 1.97. The highest BCUT2D eigenvalue weighted by atomic mass is 16.5. The fourth-order valence-corrected chi connectivity index (χ4v) is 0.600. The second kappa shape index (κ2) is 6.58. The summed E-state index contributed by atoms with van der Waals surface area (Å²) in [5, 5.41) is 0. The number of hydrogen-bond acceptors (Lipinski definition) is 3. The van der Waals surface area contributed by atoms with Crippen molar-refractivity contribution in [2.45, 2.75) is 6.92 Å². The highest BCUT2D eigenvalue weighted by molar-refractivity contribution is 4.50. The summed E-state index contributed by atoms with van der Waals surface area (Å²) in [6.45, 7) is 5.37. The van der Waals surface area contributed by atoms with Crippen molar-refractivity contribution >= 4 is 0 Å². The quantitative estimate of drug-likeness (QED) is 0.562. The van der Waals surface area contributed by atoms with Gasteiger partial charge in [-0.25, -0.2) is 0 Å². The van der Waals surface area contributed by atoms with Crippen LogP contribution in [0.3, 0.4) is 0 Å². The van der Waals surface area contributed by atoms with Crippen molar-refractivity contribution in [1.82, 2.24) is 4.90 Å². The summed E-state index contributed by atoms with van der Waals surface area (Å²) in [5.74, 6) is 0.483. The van der Waals surface area contributed by atoms with Gasteiger partial charge in [-0.3, -0.25) is 0 Å². The number of rotatable bonds is 6. The summed E-state index contributed by atoms with van der Waals surface area (Å²) in [6, 6.07) is 0. The first kappa shape index (κ1) is 10.9. The van der Waals surface area contributed by atoms with Crippen LogP contribution >= 0.6 is 0 Å². The molecule has 0 fully saturated rings. The van der Waals surface area contributed by atoms with Gasteiger partial charge in [0.1, 0.15) is 0 Å². The Balaban J connectivity index is 3.01. The van der Waals surface area contributed by atoms with E-state index in [0.717, 1.165) is 19.8 Å². The zero-order valence-corrected chi connectivity index (χ0v) is 7.84. The molecule has 0 rings (SSSR count). The minimum Gasteiger partial charge on any atom is -0.380 e. The van der Waals surface area contributed by atoms with Gasteiger partial charge < -0.3 is 15.4 Å². The van der Waals surface area contributed by atoms with E-state index in [9.17, 15) is 0 Å². The maximum absolute atomic E-state index is 5.42. The molecule has 0 aromatic heterocycles. The van der Waals surface area contributed by atoms with E-state index in [1.807, 2.05) is 14.1 Å². The molecule has 68 valence electrons. The molecule has 11 heavy (non-hydrogen) atoms. The van der Waals surface area contributed by atoms with E-state index >= 15 is 0 Å². The van der Waals surface area contributed by atoms with Crippen LogP contribution in [0.5, 0.6) is 0 Å². The van der Waals surface area contributed by atoms with E-state index in [2.05, 4.69) is 11.8 Å². The Hall–Kier alpha value is -0.120. The topological polar surface area (TPSA) is 38.5 Å². The lowest BCUT2D eigenvalue weighted by molar-refractivity contribution is 0.0940. The Bertz CT molecular complexity index is 86.2. The van der Waals surface area contributed by atoms with Crippen LogP contribution in [0.4, 0.5) is 0 Å². The van der Waals surface area contributed by atoms with Gasteiger partial charge in [0.25, 0.3) is 0 Å². The molecule has 0 radical (unpaired) electrons. The van der Waals surface area contributed by atoms with Crippen LogP contribution < -0.4 is 5.73 Å². The summed E-state index contributed by atoms with van der Waals surface area (Å²) in [4.78, 5) is 2.10. The Morgan fingerprint density at radius 3 is 2.55 bits per heavy atom. The Morgan fingerprint density at radius 1 is 1.45 bits per heavy atom. The third kappa shape index (κ3) is 7.78. The van der Waals surface area contributed by atoms with Crippen molar-refractivity contribution in [3.05, 3.63) is 0 Å². The minimum atomic E-state index is 0.483. The smallest absolute Gasteiger partial charge is 0.0593 e. The molecule has 3 heteroatoms. The fourth-order valence-electron chi connectivity index (χ4n) is 0.600.